The number of nitrogens with one attached hydrogen (secondary N) is 2. The maximum atomic E-state index is 12.1. The molecule has 2 aromatic rings. The van der Waals surface area contributed by atoms with Gasteiger partial charge in [-0.05, 0) is 11.6 Å². The Bertz CT molecular complexity index is 705. The number of aliphatic hydroxyl groups is 1. The van der Waals surface area contributed by atoms with Crippen LogP contribution in [-0.2, 0) is 10.0 Å². The Morgan fingerprint density at radius 3 is 2.40 bits per heavy atom. The zero-order valence-electron chi connectivity index (χ0n) is 10.5. The molecule has 0 saturated heterocycles. The summed E-state index contributed by atoms with van der Waals surface area (Å²) in [5, 5.41) is 9.35. The molecule has 2 rings (SSSR count). The zero-order valence-corrected chi connectivity index (χ0v) is 11.3. The minimum absolute atomic E-state index is 0.0634. The SMILES string of the molecule is O=c1ccc(S(=O)(=O)NC(CO)c2ccccc2)c[nH]1. The second-order valence-electron chi connectivity index (χ2n) is 4.16. The predicted octanol–water partition coefficient (Wildman–Crippen LogP) is 0.387. The molecule has 20 heavy (non-hydrogen) atoms. The Morgan fingerprint density at radius 1 is 1.15 bits per heavy atom. The monoisotopic (exact) mass is 294 g/mol. The van der Waals surface area contributed by atoms with Crippen LogP contribution < -0.4 is 10.3 Å². The number of pyridine rings is 1. The van der Waals surface area contributed by atoms with Gasteiger partial charge in [0.15, 0.2) is 0 Å². The molecule has 0 radical (unpaired) electrons. The lowest BCUT2D eigenvalue weighted by atomic mass is 10.1. The van der Waals surface area contributed by atoms with Crippen molar-refractivity contribution in [1.29, 1.82) is 0 Å². The van der Waals surface area contributed by atoms with Gasteiger partial charge in [-0.1, -0.05) is 30.3 Å². The summed E-state index contributed by atoms with van der Waals surface area (Å²) < 4.78 is 26.7. The van der Waals surface area contributed by atoms with Crippen LogP contribution in [0.15, 0.2) is 58.4 Å². The molecule has 0 saturated carbocycles. The minimum atomic E-state index is -3.82. The summed E-state index contributed by atoms with van der Waals surface area (Å²) in [6, 6.07) is 10.3. The average Bonchev–Trinajstić information content (AvgIpc) is 2.46. The smallest absolute Gasteiger partial charge is 0.247 e. The summed E-state index contributed by atoms with van der Waals surface area (Å²) in [6.45, 7) is -0.368. The summed E-state index contributed by atoms with van der Waals surface area (Å²) in [4.78, 5) is 13.2. The molecule has 0 spiro atoms. The first-order chi connectivity index (χ1) is 9.53. The first-order valence-corrected chi connectivity index (χ1v) is 7.38. The third-order valence-corrected chi connectivity index (χ3v) is 4.22. The van der Waals surface area contributed by atoms with Crippen LogP contribution in [0.4, 0.5) is 0 Å². The number of benzene rings is 1. The van der Waals surface area contributed by atoms with Crippen molar-refractivity contribution in [2.24, 2.45) is 0 Å². The van der Waals surface area contributed by atoms with E-state index in [4.69, 9.17) is 0 Å². The quantitative estimate of drug-likeness (QED) is 0.742. The molecule has 0 amide bonds. The molecule has 3 N–H and O–H groups in total. The number of H-pyrrole nitrogens is 1. The van der Waals surface area contributed by atoms with Gasteiger partial charge < -0.3 is 10.1 Å². The van der Waals surface area contributed by atoms with E-state index in [1.165, 1.54) is 6.07 Å². The summed E-state index contributed by atoms with van der Waals surface area (Å²) >= 11 is 0. The van der Waals surface area contributed by atoms with Crippen molar-refractivity contribution in [3.8, 4) is 0 Å². The van der Waals surface area contributed by atoms with E-state index in [0.717, 1.165) is 12.3 Å². The Morgan fingerprint density at radius 2 is 1.85 bits per heavy atom. The van der Waals surface area contributed by atoms with Crippen molar-refractivity contribution in [1.82, 2.24) is 9.71 Å². The second kappa shape index (κ2) is 6.00. The Kier molecular flexibility index (Phi) is 4.33. The van der Waals surface area contributed by atoms with Crippen LogP contribution >= 0.6 is 0 Å². The minimum Gasteiger partial charge on any atom is -0.394 e. The van der Waals surface area contributed by atoms with E-state index < -0.39 is 16.1 Å². The molecule has 1 atom stereocenters. The van der Waals surface area contributed by atoms with Crippen molar-refractivity contribution in [2.45, 2.75) is 10.9 Å². The number of aromatic amines is 1. The summed E-state index contributed by atoms with van der Waals surface area (Å²) in [5.74, 6) is 0. The molecule has 1 heterocycles. The normalized spacial score (nSPS) is 13.1. The van der Waals surface area contributed by atoms with Gasteiger partial charge in [-0.25, -0.2) is 13.1 Å². The van der Waals surface area contributed by atoms with E-state index in [2.05, 4.69) is 9.71 Å². The number of rotatable bonds is 5. The molecule has 0 aliphatic carbocycles. The third-order valence-electron chi connectivity index (χ3n) is 2.75. The van der Waals surface area contributed by atoms with Crippen LogP contribution in [0, 0.1) is 0 Å². The topological polar surface area (TPSA) is 99.3 Å². The molecule has 0 aliphatic rings. The fourth-order valence-electron chi connectivity index (χ4n) is 1.71. The highest BCUT2D eigenvalue weighted by Crippen LogP contribution is 2.15. The molecule has 106 valence electrons. The first kappa shape index (κ1) is 14.4. The number of aromatic nitrogens is 1. The van der Waals surface area contributed by atoms with Crippen LogP contribution in [0.2, 0.25) is 0 Å². The van der Waals surface area contributed by atoms with Crippen molar-refractivity contribution in [3.05, 3.63) is 64.6 Å². The van der Waals surface area contributed by atoms with Crippen LogP contribution in [0.25, 0.3) is 0 Å². The van der Waals surface area contributed by atoms with Crippen LogP contribution in [0.3, 0.4) is 0 Å². The molecule has 7 heteroatoms. The zero-order chi connectivity index (χ0) is 14.6. The van der Waals surface area contributed by atoms with Gasteiger partial charge in [-0.2, -0.15) is 0 Å². The molecular formula is C13H14N2O4S. The highest BCUT2D eigenvalue weighted by molar-refractivity contribution is 7.89. The van der Waals surface area contributed by atoms with E-state index >= 15 is 0 Å². The van der Waals surface area contributed by atoms with E-state index in [0.29, 0.717) is 5.56 Å². The maximum absolute atomic E-state index is 12.1. The Hall–Kier alpha value is -1.96. The molecule has 1 unspecified atom stereocenters. The fourth-order valence-corrected chi connectivity index (χ4v) is 2.90. The van der Waals surface area contributed by atoms with E-state index in [-0.39, 0.29) is 17.1 Å². The number of aliphatic hydroxyl groups excluding tert-OH is 1. The van der Waals surface area contributed by atoms with Crippen LogP contribution in [-0.4, -0.2) is 25.1 Å². The van der Waals surface area contributed by atoms with Gasteiger partial charge in [0.05, 0.1) is 17.5 Å². The fraction of sp³-hybridized carbons (Fsp3) is 0.154. The molecule has 0 aliphatic heterocycles. The summed E-state index contributed by atoms with van der Waals surface area (Å²) in [5.41, 5.74) is 0.272. The Balaban J connectivity index is 2.27. The predicted molar refractivity (Wildman–Crippen MR) is 73.7 cm³/mol. The van der Waals surface area contributed by atoms with Gasteiger partial charge in [-0.3, -0.25) is 4.79 Å². The molecule has 0 bridgehead atoms. The van der Waals surface area contributed by atoms with Gasteiger partial charge in [0.25, 0.3) is 0 Å². The highest BCUT2D eigenvalue weighted by atomic mass is 32.2. The van der Waals surface area contributed by atoms with E-state index in [1.54, 1.807) is 30.3 Å². The maximum Gasteiger partial charge on any atom is 0.247 e. The molecule has 1 aromatic heterocycles. The van der Waals surface area contributed by atoms with Crippen LogP contribution in [0.1, 0.15) is 11.6 Å². The van der Waals surface area contributed by atoms with Gasteiger partial charge >= 0.3 is 0 Å². The molecule has 6 nitrogen and oxygen atoms in total. The first-order valence-electron chi connectivity index (χ1n) is 5.90. The van der Waals surface area contributed by atoms with Gasteiger partial charge in [0.2, 0.25) is 15.6 Å². The largest absolute Gasteiger partial charge is 0.394 e. The molecule has 0 fully saturated rings. The van der Waals surface area contributed by atoms with E-state index in [9.17, 15) is 18.3 Å². The van der Waals surface area contributed by atoms with Crippen molar-refractivity contribution in [3.63, 3.8) is 0 Å². The standard InChI is InChI=1S/C13H14N2O4S/c16-9-12(10-4-2-1-3-5-10)15-20(18,19)11-6-7-13(17)14-8-11/h1-8,12,15-16H,9H2,(H,14,17). The van der Waals surface area contributed by atoms with Gasteiger partial charge in [-0.15, -0.1) is 0 Å². The third kappa shape index (κ3) is 3.32. The van der Waals surface area contributed by atoms with Gasteiger partial charge in [0, 0.05) is 12.3 Å². The molecular weight excluding hydrogens is 280 g/mol. The summed E-state index contributed by atoms with van der Waals surface area (Å²) in [6.07, 6.45) is 1.12. The summed E-state index contributed by atoms with van der Waals surface area (Å²) in [7, 11) is -3.82. The second-order valence-corrected chi connectivity index (χ2v) is 5.87. The lowest BCUT2D eigenvalue weighted by molar-refractivity contribution is 0.259. The average molecular weight is 294 g/mol. The highest BCUT2D eigenvalue weighted by Gasteiger charge is 2.20. The number of hydrogen-bond acceptors (Lipinski definition) is 4. The van der Waals surface area contributed by atoms with Gasteiger partial charge in [0.1, 0.15) is 0 Å². The van der Waals surface area contributed by atoms with Crippen LogP contribution in [0.5, 0.6) is 0 Å². The van der Waals surface area contributed by atoms with Crippen molar-refractivity contribution < 1.29 is 13.5 Å². The number of sulfonamides is 1. The lowest BCUT2D eigenvalue weighted by Gasteiger charge is -2.16. The number of hydrogen-bond donors (Lipinski definition) is 3. The molecule has 1 aromatic carbocycles. The Labute approximate surface area is 116 Å². The van der Waals surface area contributed by atoms with Crippen molar-refractivity contribution in [2.75, 3.05) is 6.61 Å². The van der Waals surface area contributed by atoms with Crippen molar-refractivity contribution >= 4 is 10.0 Å². The lowest BCUT2D eigenvalue weighted by Crippen LogP contribution is -2.31. The van der Waals surface area contributed by atoms with E-state index in [1.807, 2.05) is 0 Å².